The molecule has 1 heterocycles. The molecule has 1 fully saturated rings. The summed E-state index contributed by atoms with van der Waals surface area (Å²) in [4.78, 5) is 39.0. The van der Waals surface area contributed by atoms with Gasteiger partial charge in [0.15, 0.2) is 17.3 Å². The molecule has 7 nitrogen and oxygen atoms in total. The Morgan fingerprint density at radius 1 is 1.04 bits per heavy atom. The highest BCUT2D eigenvalue weighted by Gasteiger charge is 2.49. The highest BCUT2D eigenvalue weighted by molar-refractivity contribution is 6.11. The molecular weight excluding hydrogens is 360 g/mol. The topological polar surface area (TPSA) is 84.9 Å². The lowest BCUT2D eigenvalue weighted by Gasteiger charge is -2.22. The first-order valence-corrected chi connectivity index (χ1v) is 8.76. The number of urea groups is 1. The van der Waals surface area contributed by atoms with E-state index in [0.29, 0.717) is 22.6 Å². The van der Waals surface area contributed by atoms with E-state index in [4.69, 9.17) is 9.47 Å². The van der Waals surface area contributed by atoms with Crippen LogP contribution in [0, 0.1) is 6.92 Å². The second-order valence-electron chi connectivity index (χ2n) is 6.81. The smallest absolute Gasteiger partial charge is 0.325 e. The highest BCUT2D eigenvalue weighted by Crippen LogP contribution is 2.30. The number of nitrogens with zero attached hydrogens (tertiary/aromatic N) is 1. The molecule has 1 atom stereocenters. The average molecular weight is 382 g/mol. The van der Waals surface area contributed by atoms with Gasteiger partial charge in [-0.3, -0.25) is 14.5 Å². The molecule has 2 aromatic rings. The molecule has 1 saturated heterocycles. The van der Waals surface area contributed by atoms with Crippen molar-refractivity contribution in [1.29, 1.82) is 0 Å². The number of ether oxygens (including phenoxy) is 2. The predicted octanol–water partition coefficient (Wildman–Crippen LogP) is 2.66. The van der Waals surface area contributed by atoms with E-state index in [1.54, 1.807) is 31.2 Å². The maximum absolute atomic E-state index is 13.0. The van der Waals surface area contributed by atoms with Gasteiger partial charge in [-0.1, -0.05) is 29.8 Å². The zero-order valence-corrected chi connectivity index (χ0v) is 16.2. The van der Waals surface area contributed by atoms with Crippen LogP contribution in [0.15, 0.2) is 42.5 Å². The van der Waals surface area contributed by atoms with E-state index in [9.17, 15) is 14.4 Å². The van der Waals surface area contributed by atoms with Crippen LogP contribution in [-0.4, -0.2) is 43.4 Å². The van der Waals surface area contributed by atoms with Crippen molar-refractivity contribution in [3.63, 3.8) is 0 Å². The first-order chi connectivity index (χ1) is 13.3. The molecule has 0 aliphatic carbocycles. The molecule has 2 aromatic carbocycles. The number of hydrogen-bond acceptors (Lipinski definition) is 5. The Hall–Kier alpha value is -3.35. The summed E-state index contributed by atoms with van der Waals surface area (Å²) in [5, 5.41) is 2.70. The van der Waals surface area contributed by atoms with Gasteiger partial charge in [0.1, 0.15) is 5.54 Å². The zero-order chi connectivity index (χ0) is 20.5. The van der Waals surface area contributed by atoms with Crippen LogP contribution < -0.4 is 14.8 Å². The van der Waals surface area contributed by atoms with E-state index in [0.717, 1.165) is 10.5 Å². The van der Waals surface area contributed by atoms with Crippen LogP contribution in [0.3, 0.4) is 0 Å². The molecule has 7 heteroatoms. The third-order valence-corrected chi connectivity index (χ3v) is 4.91. The summed E-state index contributed by atoms with van der Waals surface area (Å²) in [7, 11) is 2.97. The van der Waals surface area contributed by atoms with Gasteiger partial charge in [-0.05, 0) is 37.6 Å². The molecular formula is C21H22N2O5. The summed E-state index contributed by atoms with van der Waals surface area (Å²) in [6, 6.07) is 11.4. The van der Waals surface area contributed by atoms with Gasteiger partial charge in [0.2, 0.25) is 0 Å². The number of Topliss-reactive ketones (excluding diaryl/α,β-unsaturated/α-hetero) is 1. The van der Waals surface area contributed by atoms with Crippen LogP contribution in [0.1, 0.15) is 28.4 Å². The van der Waals surface area contributed by atoms with Crippen molar-refractivity contribution in [2.45, 2.75) is 19.4 Å². The lowest BCUT2D eigenvalue weighted by atomic mass is 9.91. The Kier molecular flexibility index (Phi) is 5.09. The number of benzene rings is 2. The molecule has 0 unspecified atom stereocenters. The summed E-state index contributed by atoms with van der Waals surface area (Å²) >= 11 is 0. The molecule has 3 rings (SSSR count). The normalized spacial score (nSPS) is 18.8. The molecule has 0 saturated carbocycles. The van der Waals surface area contributed by atoms with Gasteiger partial charge in [0.05, 0.1) is 20.8 Å². The lowest BCUT2D eigenvalue weighted by molar-refractivity contribution is -0.130. The first-order valence-electron chi connectivity index (χ1n) is 8.76. The van der Waals surface area contributed by atoms with Crippen molar-refractivity contribution in [1.82, 2.24) is 10.2 Å². The van der Waals surface area contributed by atoms with E-state index in [1.165, 1.54) is 20.3 Å². The van der Waals surface area contributed by atoms with E-state index in [2.05, 4.69) is 5.32 Å². The third-order valence-electron chi connectivity index (χ3n) is 4.91. The number of ketones is 1. The van der Waals surface area contributed by atoms with Crippen molar-refractivity contribution in [3.8, 4) is 11.5 Å². The summed E-state index contributed by atoms with van der Waals surface area (Å²) in [5.74, 6) is 0.0452. The fraction of sp³-hybridized carbons (Fsp3) is 0.286. The second-order valence-corrected chi connectivity index (χ2v) is 6.81. The Labute approximate surface area is 163 Å². The fourth-order valence-electron chi connectivity index (χ4n) is 3.17. The Morgan fingerprint density at radius 3 is 2.29 bits per heavy atom. The van der Waals surface area contributed by atoms with Crippen molar-refractivity contribution in [2.24, 2.45) is 0 Å². The van der Waals surface area contributed by atoms with Crippen LogP contribution in [0.2, 0.25) is 0 Å². The van der Waals surface area contributed by atoms with Crippen molar-refractivity contribution in [2.75, 3.05) is 20.8 Å². The first kappa shape index (κ1) is 19.4. The SMILES string of the molecule is COc1ccc(C(=O)CN2C(=O)N[C@](C)(c3ccc(C)cc3)C2=O)cc1OC. The van der Waals surface area contributed by atoms with E-state index in [-0.39, 0.29) is 12.3 Å². The number of amides is 3. The average Bonchev–Trinajstić information content (AvgIpc) is 2.91. The molecule has 0 radical (unpaired) electrons. The minimum absolute atomic E-state index is 0.321. The van der Waals surface area contributed by atoms with Gasteiger partial charge in [0, 0.05) is 5.56 Å². The van der Waals surface area contributed by atoms with Gasteiger partial charge in [-0.15, -0.1) is 0 Å². The van der Waals surface area contributed by atoms with Gasteiger partial charge in [-0.25, -0.2) is 4.79 Å². The summed E-state index contributed by atoms with van der Waals surface area (Å²) < 4.78 is 10.4. The standard InChI is InChI=1S/C21H22N2O5/c1-13-5-8-15(9-6-13)21(2)19(25)23(20(26)22-21)12-16(24)14-7-10-17(27-3)18(11-14)28-4/h5-11H,12H2,1-4H3,(H,22,26)/t21-/m1/s1. The highest BCUT2D eigenvalue weighted by atomic mass is 16.5. The predicted molar refractivity (Wildman–Crippen MR) is 103 cm³/mol. The van der Waals surface area contributed by atoms with Crippen molar-refractivity contribution in [3.05, 3.63) is 59.2 Å². The van der Waals surface area contributed by atoms with Crippen LogP contribution in [0.5, 0.6) is 11.5 Å². The molecule has 0 spiro atoms. The number of hydrogen-bond donors (Lipinski definition) is 1. The number of rotatable bonds is 6. The van der Waals surface area contributed by atoms with Gasteiger partial charge in [-0.2, -0.15) is 0 Å². The van der Waals surface area contributed by atoms with Crippen LogP contribution >= 0.6 is 0 Å². The molecule has 0 aromatic heterocycles. The Bertz CT molecular complexity index is 938. The zero-order valence-electron chi connectivity index (χ0n) is 16.2. The molecule has 1 aliphatic heterocycles. The number of nitrogens with one attached hydrogen (secondary N) is 1. The largest absolute Gasteiger partial charge is 0.493 e. The monoisotopic (exact) mass is 382 g/mol. The molecule has 1 aliphatic rings. The van der Waals surface area contributed by atoms with E-state index < -0.39 is 17.5 Å². The maximum atomic E-state index is 13.0. The van der Waals surface area contributed by atoms with Crippen LogP contribution in [0.4, 0.5) is 4.79 Å². The van der Waals surface area contributed by atoms with Gasteiger partial charge < -0.3 is 14.8 Å². The number of methoxy groups -OCH3 is 2. The number of carbonyl (C=O) groups is 3. The maximum Gasteiger partial charge on any atom is 0.325 e. The van der Waals surface area contributed by atoms with E-state index in [1.807, 2.05) is 19.1 Å². The number of aryl methyl sites for hydroxylation is 1. The molecule has 3 amide bonds. The molecule has 146 valence electrons. The Balaban J connectivity index is 1.83. The number of imide groups is 1. The molecule has 28 heavy (non-hydrogen) atoms. The van der Waals surface area contributed by atoms with Gasteiger partial charge in [0.25, 0.3) is 5.91 Å². The van der Waals surface area contributed by atoms with Crippen molar-refractivity contribution >= 4 is 17.7 Å². The van der Waals surface area contributed by atoms with Crippen LogP contribution in [-0.2, 0) is 10.3 Å². The second kappa shape index (κ2) is 7.34. The summed E-state index contributed by atoms with van der Waals surface area (Å²) in [6.45, 7) is 3.22. The summed E-state index contributed by atoms with van der Waals surface area (Å²) in [6.07, 6.45) is 0. The molecule has 0 bridgehead atoms. The molecule has 1 N–H and O–H groups in total. The van der Waals surface area contributed by atoms with Crippen molar-refractivity contribution < 1.29 is 23.9 Å². The summed E-state index contributed by atoms with van der Waals surface area (Å²) in [5.41, 5.74) is 0.826. The minimum Gasteiger partial charge on any atom is -0.493 e. The Morgan fingerprint density at radius 2 is 1.68 bits per heavy atom. The number of carbonyl (C=O) groups excluding carboxylic acids is 3. The third kappa shape index (κ3) is 3.31. The van der Waals surface area contributed by atoms with E-state index >= 15 is 0 Å². The minimum atomic E-state index is -1.21. The quantitative estimate of drug-likeness (QED) is 0.613. The van der Waals surface area contributed by atoms with Gasteiger partial charge >= 0.3 is 6.03 Å². The van der Waals surface area contributed by atoms with Crippen LogP contribution in [0.25, 0.3) is 0 Å². The lowest BCUT2D eigenvalue weighted by Crippen LogP contribution is -2.41. The fourth-order valence-corrected chi connectivity index (χ4v) is 3.17.